The van der Waals surface area contributed by atoms with Crippen LogP contribution >= 0.6 is 11.6 Å². The number of rotatable bonds is 4. The largest absolute Gasteiger partial charge is 0.368 e. The standard InChI is InChI=1S/C17H23ClN4O3/c1-12(2)20-17(25)16(24)19-11-15(23)22-8-6-21(7-9-22)14-5-3-4-13(18)10-14/h3-5,10,12H,6-9,11H2,1-2H3,(H,19,24)(H,20,25). The van der Waals surface area contributed by atoms with Gasteiger partial charge in [0.2, 0.25) is 5.91 Å². The molecule has 1 saturated heterocycles. The maximum atomic E-state index is 12.2. The van der Waals surface area contributed by atoms with Crippen LogP contribution in [0, 0.1) is 0 Å². The number of nitrogens with zero attached hydrogens (tertiary/aromatic N) is 2. The average Bonchev–Trinajstić information content (AvgIpc) is 2.59. The van der Waals surface area contributed by atoms with Gasteiger partial charge in [0, 0.05) is 42.9 Å². The summed E-state index contributed by atoms with van der Waals surface area (Å²) >= 11 is 6.01. The van der Waals surface area contributed by atoms with Crippen LogP contribution in [0.1, 0.15) is 13.8 Å². The zero-order valence-electron chi connectivity index (χ0n) is 14.4. The number of nitrogens with one attached hydrogen (secondary N) is 2. The van der Waals surface area contributed by atoms with E-state index in [-0.39, 0.29) is 18.5 Å². The number of hydrogen-bond donors (Lipinski definition) is 2. The minimum absolute atomic E-state index is 0.131. The Morgan fingerprint density at radius 3 is 2.40 bits per heavy atom. The number of carbonyl (C=O) groups excluding carboxylic acids is 3. The Labute approximate surface area is 152 Å². The summed E-state index contributed by atoms with van der Waals surface area (Å²) in [6.45, 7) is 5.83. The molecule has 2 rings (SSSR count). The first-order valence-corrected chi connectivity index (χ1v) is 8.61. The maximum absolute atomic E-state index is 12.2. The molecule has 0 aromatic heterocycles. The van der Waals surface area contributed by atoms with E-state index in [1.54, 1.807) is 18.7 Å². The minimum atomic E-state index is -0.792. The molecule has 7 nitrogen and oxygen atoms in total. The highest BCUT2D eigenvalue weighted by atomic mass is 35.5. The van der Waals surface area contributed by atoms with Gasteiger partial charge in [0.05, 0.1) is 6.54 Å². The molecule has 25 heavy (non-hydrogen) atoms. The van der Waals surface area contributed by atoms with Crippen LogP contribution in [0.3, 0.4) is 0 Å². The van der Waals surface area contributed by atoms with E-state index in [1.165, 1.54) is 0 Å². The second-order valence-corrected chi connectivity index (χ2v) is 6.59. The summed E-state index contributed by atoms with van der Waals surface area (Å²) in [6, 6.07) is 7.47. The average molecular weight is 367 g/mol. The molecule has 0 unspecified atom stereocenters. The van der Waals surface area contributed by atoms with Crippen LogP contribution < -0.4 is 15.5 Å². The molecular weight excluding hydrogens is 344 g/mol. The van der Waals surface area contributed by atoms with Crippen molar-refractivity contribution < 1.29 is 14.4 Å². The van der Waals surface area contributed by atoms with Crippen LogP contribution in [-0.2, 0) is 14.4 Å². The van der Waals surface area contributed by atoms with E-state index in [9.17, 15) is 14.4 Å². The molecule has 0 atom stereocenters. The second-order valence-electron chi connectivity index (χ2n) is 6.16. The van der Waals surface area contributed by atoms with Crippen LogP contribution in [0.25, 0.3) is 0 Å². The SMILES string of the molecule is CC(C)NC(=O)C(=O)NCC(=O)N1CCN(c2cccc(Cl)c2)CC1. The molecule has 3 amide bonds. The summed E-state index contributed by atoms with van der Waals surface area (Å²) in [5.74, 6) is -1.72. The van der Waals surface area contributed by atoms with Gasteiger partial charge in [-0.25, -0.2) is 0 Å². The fourth-order valence-corrected chi connectivity index (χ4v) is 2.75. The zero-order chi connectivity index (χ0) is 18.4. The summed E-state index contributed by atoms with van der Waals surface area (Å²) < 4.78 is 0. The van der Waals surface area contributed by atoms with Crippen molar-refractivity contribution in [1.82, 2.24) is 15.5 Å². The molecule has 1 fully saturated rings. The molecule has 1 aliphatic rings. The Morgan fingerprint density at radius 2 is 1.80 bits per heavy atom. The molecule has 136 valence electrons. The van der Waals surface area contributed by atoms with Gasteiger partial charge in [0.1, 0.15) is 0 Å². The number of amides is 3. The Bertz CT molecular complexity index is 643. The predicted octanol–water partition coefficient (Wildman–Crippen LogP) is 0.629. The quantitative estimate of drug-likeness (QED) is 0.766. The molecule has 2 N–H and O–H groups in total. The Morgan fingerprint density at radius 1 is 1.12 bits per heavy atom. The molecule has 1 aromatic rings. The lowest BCUT2D eigenvalue weighted by Gasteiger charge is -2.36. The normalized spacial score (nSPS) is 14.4. The monoisotopic (exact) mass is 366 g/mol. The fourth-order valence-electron chi connectivity index (χ4n) is 2.56. The molecule has 0 saturated carbocycles. The first-order chi connectivity index (χ1) is 11.9. The Kier molecular flexibility index (Phi) is 6.64. The summed E-state index contributed by atoms with van der Waals surface area (Å²) in [5, 5.41) is 5.52. The summed E-state index contributed by atoms with van der Waals surface area (Å²) in [7, 11) is 0. The highest BCUT2D eigenvalue weighted by Gasteiger charge is 2.22. The van der Waals surface area contributed by atoms with Crippen LogP contribution in [0.5, 0.6) is 0 Å². The van der Waals surface area contributed by atoms with Gasteiger partial charge < -0.3 is 20.4 Å². The summed E-state index contributed by atoms with van der Waals surface area (Å²) in [6.07, 6.45) is 0. The van der Waals surface area contributed by atoms with Crippen LogP contribution in [0.4, 0.5) is 5.69 Å². The highest BCUT2D eigenvalue weighted by molar-refractivity contribution is 6.35. The van der Waals surface area contributed by atoms with Gasteiger partial charge in [-0.05, 0) is 32.0 Å². The molecule has 1 aliphatic heterocycles. The zero-order valence-corrected chi connectivity index (χ0v) is 15.2. The van der Waals surface area contributed by atoms with E-state index in [2.05, 4.69) is 15.5 Å². The van der Waals surface area contributed by atoms with E-state index >= 15 is 0 Å². The number of piperazine rings is 1. The molecule has 1 heterocycles. The third kappa shape index (κ3) is 5.63. The van der Waals surface area contributed by atoms with E-state index in [1.807, 2.05) is 24.3 Å². The molecule has 8 heteroatoms. The van der Waals surface area contributed by atoms with Crippen LogP contribution in [0.2, 0.25) is 5.02 Å². The van der Waals surface area contributed by atoms with Crippen molar-refractivity contribution in [2.24, 2.45) is 0 Å². The number of benzene rings is 1. The number of halogens is 1. The van der Waals surface area contributed by atoms with Gasteiger partial charge in [0.25, 0.3) is 0 Å². The van der Waals surface area contributed by atoms with Crippen LogP contribution in [0.15, 0.2) is 24.3 Å². The van der Waals surface area contributed by atoms with Crippen molar-refractivity contribution in [2.45, 2.75) is 19.9 Å². The van der Waals surface area contributed by atoms with Gasteiger partial charge in [-0.1, -0.05) is 17.7 Å². The smallest absolute Gasteiger partial charge is 0.309 e. The van der Waals surface area contributed by atoms with Gasteiger partial charge >= 0.3 is 11.8 Å². The first-order valence-electron chi connectivity index (χ1n) is 8.24. The van der Waals surface area contributed by atoms with Gasteiger partial charge in [-0.2, -0.15) is 0 Å². The van der Waals surface area contributed by atoms with E-state index in [0.29, 0.717) is 31.2 Å². The summed E-state index contributed by atoms with van der Waals surface area (Å²) in [5.41, 5.74) is 1.03. The first kappa shape index (κ1) is 19.1. The van der Waals surface area contributed by atoms with Crippen molar-refractivity contribution >= 4 is 35.0 Å². The lowest BCUT2D eigenvalue weighted by atomic mass is 10.2. The van der Waals surface area contributed by atoms with Gasteiger partial charge in [-0.15, -0.1) is 0 Å². The van der Waals surface area contributed by atoms with E-state index < -0.39 is 11.8 Å². The molecule has 0 radical (unpaired) electrons. The topological polar surface area (TPSA) is 81.8 Å². The summed E-state index contributed by atoms with van der Waals surface area (Å²) in [4.78, 5) is 39.1. The Hall–Kier alpha value is -2.28. The van der Waals surface area contributed by atoms with Crippen molar-refractivity contribution in [1.29, 1.82) is 0 Å². The molecule has 0 aliphatic carbocycles. The van der Waals surface area contributed by atoms with E-state index in [0.717, 1.165) is 5.69 Å². The molecule has 1 aromatic carbocycles. The van der Waals surface area contributed by atoms with Crippen molar-refractivity contribution in [3.8, 4) is 0 Å². The molecular formula is C17H23ClN4O3. The minimum Gasteiger partial charge on any atom is -0.368 e. The highest BCUT2D eigenvalue weighted by Crippen LogP contribution is 2.20. The van der Waals surface area contributed by atoms with Crippen molar-refractivity contribution in [3.05, 3.63) is 29.3 Å². The Balaban J connectivity index is 1.77. The third-order valence-electron chi connectivity index (χ3n) is 3.83. The predicted molar refractivity (Wildman–Crippen MR) is 96.5 cm³/mol. The lowest BCUT2D eigenvalue weighted by molar-refractivity contribution is -0.140. The molecule has 0 spiro atoms. The second kappa shape index (κ2) is 8.71. The number of carbonyl (C=O) groups is 3. The fraction of sp³-hybridized carbons (Fsp3) is 0.471. The van der Waals surface area contributed by atoms with E-state index in [4.69, 9.17) is 11.6 Å². The van der Waals surface area contributed by atoms with Gasteiger partial charge in [-0.3, -0.25) is 14.4 Å². The number of hydrogen-bond acceptors (Lipinski definition) is 4. The van der Waals surface area contributed by atoms with Crippen molar-refractivity contribution in [3.63, 3.8) is 0 Å². The van der Waals surface area contributed by atoms with Gasteiger partial charge in [0.15, 0.2) is 0 Å². The lowest BCUT2D eigenvalue weighted by Crippen LogP contribution is -2.52. The molecule has 0 bridgehead atoms. The van der Waals surface area contributed by atoms with Crippen LogP contribution in [-0.4, -0.2) is 61.4 Å². The number of anilines is 1. The third-order valence-corrected chi connectivity index (χ3v) is 4.07. The van der Waals surface area contributed by atoms with Crippen molar-refractivity contribution in [2.75, 3.05) is 37.6 Å². The maximum Gasteiger partial charge on any atom is 0.309 e.